The molecule has 0 aliphatic carbocycles. The van der Waals surface area contributed by atoms with Crippen LogP contribution in [0.1, 0.15) is 26.2 Å². The van der Waals surface area contributed by atoms with Crippen LogP contribution >= 0.6 is 11.8 Å². The van der Waals surface area contributed by atoms with E-state index in [1.807, 2.05) is 0 Å². The topological polar surface area (TPSA) is 84.6 Å². The summed E-state index contributed by atoms with van der Waals surface area (Å²) in [6.45, 7) is 4.24. The van der Waals surface area contributed by atoms with Gasteiger partial charge in [0.25, 0.3) is 0 Å². The zero-order valence-electron chi connectivity index (χ0n) is 13.6. The second kappa shape index (κ2) is 6.43. The Kier molecular flexibility index (Phi) is 4.52. The highest BCUT2D eigenvalue weighted by atomic mass is 32.2. The van der Waals surface area contributed by atoms with E-state index in [1.54, 1.807) is 29.8 Å². The molecule has 2 N–H and O–H groups in total. The fraction of sp³-hybridized carbons (Fsp3) is 0.667. The molecule has 3 heterocycles. The van der Waals surface area contributed by atoms with Gasteiger partial charge in [0.2, 0.25) is 0 Å². The molecule has 1 amide bonds. The number of hydrogen-bond donors (Lipinski definition) is 1. The highest BCUT2D eigenvalue weighted by molar-refractivity contribution is 7.99. The van der Waals surface area contributed by atoms with Gasteiger partial charge in [-0.2, -0.15) is 0 Å². The van der Waals surface area contributed by atoms with Crippen LogP contribution in [0.25, 0.3) is 0 Å². The van der Waals surface area contributed by atoms with Crippen LogP contribution in [-0.2, 0) is 4.74 Å². The summed E-state index contributed by atoms with van der Waals surface area (Å²) in [6, 6.07) is 1.80. The van der Waals surface area contributed by atoms with Crippen LogP contribution < -0.4 is 10.6 Å². The van der Waals surface area contributed by atoms with Crippen LogP contribution in [-0.4, -0.2) is 59.0 Å². The number of anilines is 2. The smallest absolute Gasteiger partial charge is 0.410 e. The number of hydrogen-bond acceptors (Lipinski definition) is 7. The maximum atomic E-state index is 11.7. The number of rotatable bonds is 5. The Bertz CT molecular complexity index is 599. The van der Waals surface area contributed by atoms with Crippen molar-refractivity contribution in [3.05, 3.63) is 6.07 Å². The molecule has 1 spiro atoms. The van der Waals surface area contributed by atoms with E-state index in [1.165, 1.54) is 0 Å². The van der Waals surface area contributed by atoms with Crippen LogP contribution in [0.4, 0.5) is 16.4 Å². The first-order chi connectivity index (χ1) is 11.0. The molecule has 7 nitrogen and oxygen atoms in total. The van der Waals surface area contributed by atoms with Gasteiger partial charge in [0.1, 0.15) is 11.6 Å². The van der Waals surface area contributed by atoms with E-state index in [4.69, 9.17) is 10.5 Å². The van der Waals surface area contributed by atoms with E-state index >= 15 is 0 Å². The summed E-state index contributed by atoms with van der Waals surface area (Å²) in [5.41, 5.74) is 5.52. The van der Waals surface area contributed by atoms with Crippen molar-refractivity contribution in [2.75, 3.05) is 43.1 Å². The summed E-state index contributed by atoms with van der Waals surface area (Å²) >= 11 is 1.63. The van der Waals surface area contributed by atoms with Gasteiger partial charge in [-0.25, -0.2) is 14.8 Å². The fourth-order valence-corrected chi connectivity index (χ4v) is 3.95. The lowest BCUT2D eigenvalue weighted by atomic mass is 10.0. The Labute approximate surface area is 140 Å². The summed E-state index contributed by atoms with van der Waals surface area (Å²) < 4.78 is 5.58. The normalized spacial score (nSPS) is 23.8. The molecule has 2 fully saturated rings. The summed E-state index contributed by atoms with van der Waals surface area (Å²) in [7, 11) is 1.77. The highest BCUT2D eigenvalue weighted by Crippen LogP contribution is 2.34. The lowest BCUT2D eigenvalue weighted by Crippen LogP contribution is -2.37. The van der Waals surface area contributed by atoms with Gasteiger partial charge in [0, 0.05) is 31.8 Å². The Balaban J connectivity index is 1.71. The molecule has 0 radical (unpaired) electrons. The Morgan fingerprint density at radius 1 is 1.43 bits per heavy atom. The molecule has 126 valence electrons. The number of likely N-dealkylation sites (N-methyl/N-ethyl adjacent to an activating group) is 1. The second-order valence-corrected chi connectivity index (χ2v) is 7.28. The Hall–Kier alpha value is -1.70. The number of aromatic nitrogens is 2. The highest BCUT2D eigenvalue weighted by Gasteiger charge is 2.48. The molecule has 1 atom stereocenters. The Morgan fingerprint density at radius 3 is 2.96 bits per heavy atom. The van der Waals surface area contributed by atoms with Gasteiger partial charge in [-0.3, -0.25) is 0 Å². The van der Waals surface area contributed by atoms with Gasteiger partial charge in [0.15, 0.2) is 10.8 Å². The molecule has 23 heavy (non-hydrogen) atoms. The summed E-state index contributed by atoms with van der Waals surface area (Å²) in [6.07, 6.45) is 2.85. The minimum atomic E-state index is -0.416. The van der Waals surface area contributed by atoms with Crippen molar-refractivity contribution in [2.24, 2.45) is 0 Å². The van der Waals surface area contributed by atoms with Gasteiger partial charge >= 0.3 is 6.09 Å². The van der Waals surface area contributed by atoms with Crippen molar-refractivity contribution in [1.29, 1.82) is 0 Å². The number of carbonyl (C=O) groups excluding carboxylic acids is 1. The van der Waals surface area contributed by atoms with Crippen molar-refractivity contribution >= 4 is 29.5 Å². The molecule has 0 bridgehead atoms. The molecule has 0 aromatic carbocycles. The number of nitrogens with two attached hydrogens (primary N) is 1. The molecule has 2 aliphatic heterocycles. The lowest BCUT2D eigenvalue weighted by Gasteiger charge is -2.22. The monoisotopic (exact) mass is 337 g/mol. The molecule has 3 rings (SSSR count). The van der Waals surface area contributed by atoms with Crippen LogP contribution in [0.5, 0.6) is 0 Å². The van der Waals surface area contributed by atoms with E-state index in [-0.39, 0.29) is 6.09 Å². The van der Waals surface area contributed by atoms with Crippen molar-refractivity contribution in [3.63, 3.8) is 0 Å². The van der Waals surface area contributed by atoms with E-state index < -0.39 is 5.60 Å². The summed E-state index contributed by atoms with van der Waals surface area (Å²) in [4.78, 5) is 24.4. The number of unbranched alkanes of at least 4 members (excludes halogenated alkanes) is 1. The largest absolute Gasteiger partial charge is 0.439 e. The maximum absolute atomic E-state index is 11.7. The molecule has 8 heteroatoms. The lowest BCUT2D eigenvalue weighted by molar-refractivity contribution is 0.0741. The van der Waals surface area contributed by atoms with Crippen molar-refractivity contribution in [1.82, 2.24) is 14.9 Å². The maximum Gasteiger partial charge on any atom is 0.410 e. The molecule has 0 unspecified atom stereocenters. The van der Waals surface area contributed by atoms with Crippen molar-refractivity contribution in [3.8, 4) is 0 Å². The molecule has 1 aromatic heterocycles. The molecule has 2 saturated heterocycles. The Morgan fingerprint density at radius 2 is 2.26 bits per heavy atom. The zero-order chi connectivity index (χ0) is 16.4. The first-order valence-electron chi connectivity index (χ1n) is 7.98. The SMILES string of the molecule is CCCCSc1nc(N)cc(N2CC[C@@]3(CN(C)C(=O)O3)C2)n1. The predicted octanol–water partition coefficient (Wildman–Crippen LogP) is 1.98. The first-order valence-corrected chi connectivity index (χ1v) is 8.96. The molecule has 1 aromatic rings. The van der Waals surface area contributed by atoms with E-state index in [0.717, 1.165) is 42.5 Å². The van der Waals surface area contributed by atoms with Gasteiger partial charge in [-0.15, -0.1) is 0 Å². The summed E-state index contributed by atoms with van der Waals surface area (Å²) in [5.74, 6) is 2.29. The van der Waals surface area contributed by atoms with Crippen molar-refractivity contribution < 1.29 is 9.53 Å². The number of amides is 1. The quantitative estimate of drug-likeness (QED) is 0.499. The molecular weight excluding hydrogens is 314 g/mol. The van der Waals surface area contributed by atoms with Crippen LogP contribution in [0.15, 0.2) is 11.2 Å². The van der Waals surface area contributed by atoms with Gasteiger partial charge < -0.3 is 20.3 Å². The molecule has 2 aliphatic rings. The van der Waals surface area contributed by atoms with Crippen LogP contribution in [0.2, 0.25) is 0 Å². The fourth-order valence-electron chi connectivity index (χ4n) is 3.01. The molecular formula is C15H23N5O2S. The number of thioether (sulfide) groups is 1. The third kappa shape index (κ3) is 3.46. The van der Waals surface area contributed by atoms with E-state index in [0.29, 0.717) is 18.9 Å². The minimum Gasteiger partial charge on any atom is -0.439 e. The van der Waals surface area contributed by atoms with Gasteiger partial charge in [-0.05, 0) is 6.42 Å². The van der Waals surface area contributed by atoms with E-state index in [9.17, 15) is 4.79 Å². The van der Waals surface area contributed by atoms with Gasteiger partial charge in [0.05, 0.1) is 13.1 Å². The average molecular weight is 337 g/mol. The first kappa shape index (κ1) is 16.2. The number of carbonyl (C=O) groups is 1. The van der Waals surface area contributed by atoms with Gasteiger partial charge in [-0.1, -0.05) is 25.1 Å². The number of nitrogens with zero attached hydrogens (tertiary/aromatic N) is 4. The third-order valence-corrected chi connectivity index (χ3v) is 5.16. The molecule has 0 saturated carbocycles. The van der Waals surface area contributed by atoms with E-state index in [2.05, 4.69) is 21.8 Å². The van der Waals surface area contributed by atoms with Crippen molar-refractivity contribution in [2.45, 2.75) is 36.9 Å². The minimum absolute atomic E-state index is 0.245. The predicted molar refractivity (Wildman–Crippen MR) is 90.7 cm³/mol. The van der Waals surface area contributed by atoms with Crippen LogP contribution in [0.3, 0.4) is 0 Å². The third-order valence-electron chi connectivity index (χ3n) is 4.22. The zero-order valence-corrected chi connectivity index (χ0v) is 14.4. The average Bonchev–Trinajstić information content (AvgIpc) is 3.02. The van der Waals surface area contributed by atoms with Crippen LogP contribution in [0, 0.1) is 0 Å². The number of nitrogen functional groups attached to an aromatic ring is 1. The summed E-state index contributed by atoms with van der Waals surface area (Å²) in [5, 5.41) is 0.718. The standard InChI is InChI=1S/C15H23N5O2S/c1-3-4-7-23-13-17-11(16)8-12(18-13)20-6-5-15(10-20)9-19(2)14(21)22-15/h8H,3-7,9-10H2,1-2H3,(H2,16,17,18)/t15-/m1/s1. The second-order valence-electron chi connectivity index (χ2n) is 6.21. The number of ether oxygens (including phenoxy) is 1.